The third-order valence-electron chi connectivity index (χ3n) is 13.7. The lowest BCUT2D eigenvalue weighted by Gasteiger charge is -2.63. The van der Waals surface area contributed by atoms with Gasteiger partial charge < -0.3 is 15.3 Å². The van der Waals surface area contributed by atoms with Gasteiger partial charge in [-0.15, -0.1) is 0 Å². The summed E-state index contributed by atoms with van der Waals surface area (Å²) in [6.07, 6.45) is 8.70. The van der Waals surface area contributed by atoms with Crippen molar-refractivity contribution in [2.45, 2.75) is 118 Å². The Bertz CT molecular complexity index is 912. The van der Waals surface area contributed by atoms with E-state index in [-0.39, 0.29) is 28.6 Å². The Morgan fingerprint density at radius 2 is 1.60 bits per heavy atom. The molecule has 0 bridgehead atoms. The summed E-state index contributed by atoms with van der Waals surface area (Å²) in [6.45, 7) is 18.2. The first-order valence-corrected chi connectivity index (χ1v) is 14.5. The topological polar surface area (TPSA) is 77.8 Å². The summed E-state index contributed by atoms with van der Waals surface area (Å²) >= 11 is 0. The molecule has 0 amide bonds. The van der Waals surface area contributed by atoms with Gasteiger partial charge in [0.2, 0.25) is 0 Å². The number of aliphatic hydroxyl groups is 2. The van der Waals surface area contributed by atoms with E-state index in [4.69, 9.17) is 0 Å². The van der Waals surface area contributed by atoms with Gasteiger partial charge >= 0.3 is 5.97 Å². The fourth-order valence-corrected chi connectivity index (χ4v) is 11.2. The van der Waals surface area contributed by atoms with E-state index >= 15 is 0 Å². The molecular formula is C31H50O4. The van der Waals surface area contributed by atoms with Gasteiger partial charge in [0.15, 0.2) is 0 Å². The minimum atomic E-state index is -1.15. The average molecular weight is 487 g/mol. The number of allylic oxidation sites excluding steroid dienone is 1. The van der Waals surface area contributed by atoms with E-state index in [0.717, 1.165) is 38.0 Å². The molecule has 0 radical (unpaired) electrons. The van der Waals surface area contributed by atoms with Crippen molar-refractivity contribution in [1.82, 2.24) is 0 Å². The standard InChI is InChI=1S/C31H50O4/c1-18(2)19(3)8-9-20(4)21-12-13-28(6)22-10-11-23-29(7,26(34)35)24(32)16-25(33)31(23)17-30(22,31)15-14-27(21,28)5/h18,20-25,32-33H,3,8-17H2,1-2,4-7H3,(H,34,35)/t20-,21-,22+,23+,24+,25+,27-,28+,29+,30+,31-/m1/s1. The molecule has 4 nitrogen and oxygen atoms in total. The van der Waals surface area contributed by atoms with Crippen LogP contribution in [0.3, 0.4) is 0 Å². The van der Waals surface area contributed by atoms with Crippen LogP contribution in [-0.2, 0) is 4.79 Å². The maximum Gasteiger partial charge on any atom is 0.312 e. The predicted octanol–water partition coefficient (Wildman–Crippen LogP) is 6.45. The molecule has 5 aliphatic rings. The van der Waals surface area contributed by atoms with E-state index in [1.165, 1.54) is 31.3 Å². The first kappa shape index (κ1) is 25.8. The van der Waals surface area contributed by atoms with Crippen molar-refractivity contribution >= 4 is 5.97 Å². The van der Waals surface area contributed by atoms with Gasteiger partial charge in [-0.1, -0.05) is 46.8 Å². The summed E-state index contributed by atoms with van der Waals surface area (Å²) in [5, 5.41) is 32.5. The van der Waals surface area contributed by atoms with Gasteiger partial charge in [-0.25, -0.2) is 0 Å². The summed E-state index contributed by atoms with van der Waals surface area (Å²) in [7, 11) is 0. The number of rotatable bonds is 6. The molecule has 11 atom stereocenters. The quantitative estimate of drug-likeness (QED) is 0.377. The van der Waals surface area contributed by atoms with Gasteiger partial charge in [0, 0.05) is 11.8 Å². The lowest BCUT2D eigenvalue weighted by molar-refractivity contribution is -0.210. The molecule has 0 aromatic rings. The smallest absolute Gasteiger partial charge is 0.312 e. The van der Waals surface area contributed by atoms with E-state index in [0.29, 0.717) is 23.2 Å². The molecule has 0 aromatic heterocycles. The Balaban J connectivity index is 1.43. The van der Waals surface area contributed by atoms with Gasteiger partial charge in [-0.05, 0) is 111 Å². The Hall–Kier alpha value is -0.870. The second-order valence-electron chi connectivity index (χ2n) is 14.7. The highest BCUT2D eigenvalue weighted by molar-refractivity contribution is 5.76. The number of hydrogen-bond donors (Lipinski definition) is 3. The molecule has 198 valence electrons. The highest BCUT2D eigenvalue weighted by Gasteiger charge is 2.85. The number of carbonyl (C=O) groups is 1. The molecule has 5 rings (SSSR count). The number of aliphatic hydroxyl groups excluding tert-OH is 2. The molecule has 3 N–H and O–H groups in total. The van der Waals surface area contributed by atoms with Crippen molar-refractivity contribution < 1.29 is 20.1 Å². The van der Waals surface area contributed by atoms with E-state index in [1.54, 1.807) is 6.92 Å². The maximum atomic E-state index is 12.5. The van der Waals surface area contributed by atoms with Crippen LogP contribution in [0.2, 0.25) is 0 Å². The average Bonchev–Trinajstić information content (AvgIpc) is 3.40. The van der Waals surface area contributed by atoms with Crippen LogP contribution < -0.4 is 0 Å². The molecule has 5 aliphatic carbocycles. The molecule has 35 heavy (non-hydrogen) atoms. The molecule has 2 spiro atoms. The zero-order valence-electron chi connectivity index (χ0n) is 23.1. The highest BCUT2D eigenvalue weighted by atomic mass is 16.4. The van der Waals surface area contributed by atoms with Crippen LogP contribution in [0.4, 0.5) is 0 Å². The van der Waals surface area contributed by atoms with Crippen LogP contribution in [-0.4, -0.2) is 33.5 Å². The molecule has 0 heterocycles. The minimum Gasteiger partial charge on any atom is -0.481 e. The van der Waals surface area contributed by atoms with Crippen molar-refractivity contribution in [1.29, 1.82) is 0 Å². The van der Waals surface area contributed by atoms with E-state index in [1.807, 2.05) is 0 Å². The van der Waals surface area contributed by atoms with Crippen molar-refractivity contribution in [3.05, 3.63) is 12.2 Å². The SMILES string of the molecule is C=C(CC[C@@H](C)[C@H]1CC[C@@]2(C)[C@@H]3CC[C@H]4[C@](C)(C(=O)O)[C@@H](O)C[C@H](O)[C@@]45C[C@@]35CC[C@]12C)C(C)C. The van der Waals surface area contributed by atoms with Crippen LogP contribution in [0.1, 0.15) is 106 Å². The third-order valence-corrected chi connectivity index (χ3v) is 13.7. The Kier molecular flexibility index (Phi) is 5.76. The number of carboxylic acid groups (broad SMARTS) is 1. The van der Waals surface area contributed by atoms with Crippen molar-refractivity contribution in [3.63, 3.8) is 0 Å². The fourth-order valence-electron chi connectivity index (χ4n) is 11.2. The predicted molar refractivity (Wildman–Crippen MR) is 139 cm³/mol. The zero-order valence-corrected chi connectivity index (χ0v) is 23.1. The largest absolute Gasteiger partial charge is 0.481 e. The molecule has 4 heteroatoms. The maximum absolute atomic E-state index is 12.5. The van der Waals surface area contributed by atoms with E-state index in [2.05, 4.69) is 41.2 Å². The number of carboxylic acids is 1. The van der Waals surface area contributed by atoms with Crippen LogP contribution in [0, 0.1) is 56.7 Å². The number of fused-ring (bicyclic) bond motifs is 2. The molecule has 0 aliphatic heterocycles. The van der Waals surface area contributed by atoms with Gasteiger partial charge in [0.1, 0.15) is 0 Å². The Morgan fingerprint density at radius 3 is 2.23 bits per heavy atom. The summed E-state index contributed by atoms with van der Waals surface area (Å²) < 4.78 is 0. The summed E-state index contributed by atoms with van der Waals surface area (Å²) in [5.41, 5.74) is 0.506. The summed E-state index contributed by atoms with van der Waals surface area (Å²) in [4.78, 5) is 12.5. The first-order valence-electron chi connectivity index (χ1n) is 14.5. The Labute approximate surface area is 213 Å². The monoisotopic (exact) mass is 486 g/mol. The summed E-state index contributed by atoms with van der Waals surface area (Å²) in [5.74, 6) is 1.50. The second-order valence-corrected chi connectivity index (χ2v) is 14.7. The molecule has 0 unspecified atom stereocenters. The normalized spacial score (nSPS) is 53.2. The van der Waals surface area contributed by atoms with Gasteiger partial charge in [-0.2, -0.15) is 0 Å². The first-order chi connectivity index (χ1) is 16.2. The summed E-state index contributed by atoms with van der Waals surface area (Å²) in [6, 6.07) is 0. The lowest BCUT2D eigenvalue weighted by atomic mass is 9.41. The lowest BCUT2D eigenvalue weighted by Crippen LogP contribution is -2.63. The van der Waals surface area contributed by atoms with Gasteiger partial charge in [0.25, 0.3) is 0 Å². The van der Waals surface area contributed by atoms with Crippen LogP contribution >= 0.6 is 0 Å². The number of aliphatic carboxylic acids is 1. The second kappa shape index (κ2) is 7.82. The Morgan fingerprint density at radius 1 is 0.943 bits per heavy atom. The van der Waals surface area contributed by atoms with Crippen molar-refractivity contribution in [3.8, 4) is 0 Å². The van der Waals surface area contributed by atoms with Crippen molar-refractivity contribution in [2.24, 2.45) is 56.7 Å². The highest BCUT2D eigenvalue weighted by Crippen LogP contribution is 2.89. The van der Waals surface area contributed by atoms with E-state index in [9.17, 15) is 20.1 Å². The third kappa shape index (κ3) is 2.96. The van der Waals surface area contributed by atoms with E-state index < -0.39 is 23.6 Å². The molecule has 5 fully saturated rings. The number of hydrogen-bond acceptors (Lipinski definition) is 3. The molecule has 5 saturated carbocycles. The fraction of sp³-hybridized carbons (Fsp3) is 0.903. The van der Waals surface area contributed by atoms with Crippen LogP contribution in [0.15, 0.2) is 12.2 Å². The zero-order chi connectivity index (χ0) is 25.8. The van der Waals surface area contributed by atoms with Crippen molar-refractivity contribution in [2.75, 3.05) is 0 Å². The molecular weight excluding hydrogens is 436 g/mol. The molecule has 0 aromatic carbocycles. The van der Waals surface area contributed by atoms with Crippen LogP contribution in [0.5, 0.6) is 0 Å². The molecule has 0 saturated heterocycles. The van der Waals surface area contributed by atoms with Gasteiger partial charge in [0.05, 0.1) is 17.6 Å². The minimum absolute atomic E-state index is 0.0600. The van der Waals surface area contributed by atoms with Crippen LogP contribution in [0.25, 0.3) is 0 Å². The van der Waals surface area contributed by atoms with Gasteiger partial charge in [-0.3, -0.25) is 4.79 Å².